The minimum atomic E-state index is -0.186. The second-order valence-electron chi connectivity index (χ2n) is 4.19. The first kappa shape index (κ1) is 14.4. The Morgan fingerprint density at radius 1 is 1.25 bits per heavy atom. The first-order valence-corrected chi connectivity index (χ1v) is 6.41. The van der Waals surface area contributed by atoms with Crippen molar-refractivity contribution in [3.8, 4) is 11.5 Å². The fourth-order valence-corrected chi connectivity index (χ4v) is 1.88. The van der Waals surface area contributed by atoms with Gasteiger partial charge in [0.2, 0.25) is 5.91 Å². The molecule has 2 rings (SSSR count). The summed E-state index contributed by atoms with van der Waals surface area (Å²) >= 11 is 5.93. The number of nitrogens with one attached hydrogen (secondary N) is 1. The smallest absolute Gasteiger partial charge is 0.221 e. The first-order chi connectivity index (χ1) is 9.60. The number of anilines is 1. The number of hydrogen-bond acceptors (Lipinski definition) is 3. The summed E-state index contributed by atoms with van der Waals surface area (Å²) in [6, 6.07) is 12.1. The second kappa shape index (κ2) is 6.41. The highest BCUT2D eigenvalue weighted by atomic mass is 35.5. The van der Waals surface area contributed by atoms with E-state index < -0.39 is 0 Å². The van der Waals surface area contributed by atoms with Crippen LogP contribution in [0.5, 0.6) is 11.5 Å². The van der Waals surface area contributed by atoms with Gasteiger partial charge in [0.1, 0.15) is 5.75 Å². The molecular formula is C15H14ClNO3. The van der Waals surface area contributed by atoms with Crippen LogP contribution in [-0.2, 0) is 11.4 Å². The number of halogens is 1. The van der Waals surface area contributed by atoms with Crippen molar-refractivity contribution in [3.05, 3.63) is 53.1 Å². The van der Waals surface area contributed by atoms with Gasteiger partial charge < -0.3 is 15.2 Å². The third-order valence-corrected chi connectivity index (χ3v) is 2.85. The van der Waals surface area contributed by atoms with Gasteiger partial charge in [-0.05, 0) is 24.3 Å². The lowest BCUT2D eigenvalue weighted by Gasteiger charge is -2.13. The Hall–Kier alpha value is -2.04. The van der Waals surface area contributed by atoms with Gasteiger partial charge in [-0.2, -0.15) is 0 Å². The molecule has 0 bridgehead atoms. The number of hydrogen-bond donors (Lipinski definition) is 2. The van der Waals surface area contributed by atoms with Gasteiger partial charge >= 0.3 is 0 Å². The van der Waals surface area contributed by atoms with E-state index in [-0.39, 0.29) is 12.5 Å². The van der Waals surface area contributed by atoms with Crippen molar-refractivity contribution in [2.75, 3.05) is 5.32 Å². The summed E-state index contributed by atoms with van der Waals surface area (Å²) < 4.78 is 5.75. The van der Waals surface area contributed by atoms with Crippen LogP contribution in [0.15, 0.2) is 42.5 Å². The molecular weight excluding hydrogens is 278 g/mol. The molecule has 104 valence electrons. The van der Waals surface area contributed by atoms with Gasteiger partial charge in [0, 0.05) is 17.5 Å². The normalized spacial score (nSPS) is 10.2. The topological polar surface area (TPSA) is 58.6 Å². The average molecular weight is 292 g/mol. The number of rotatable bonds is 4. The maximum Gasteiger partial charge on any atom is 0.221 e. The Morgan fingerprint density at radius 3 is 2.70 bits per heavy atom. The zero-order chi connectivity index (χ0) is 14.5. The molecule has 0 heterocycles. The Labute approximate surface area is 122 Å². The molecule has 2 aromatic rings. The van der Waals surface area contributed by atoms with Crippen molar-refractivity contribution in [1.82, 2.24) is 0 Å². The van der Waals surface area contributed by atoms with Crippen LogP contribution in [0.4, 0.5) is 5.69 Å². The molecule has 0 atom stereocenters. The summed E-state index contributed by atoms with van der Waals surface area (Å²) in [6.45, 7) is 1.27. The molecule has 2 N–H and O–H groups in total. The number of carbonyl (C=O) groups excluding carboxylic acids is 1. The summed E-state index contributed by atoms with van der Waals surface area (Å²) in [6.07, 6.45) is 0. The molecule has 4 nitrogen and oxygen atoms in total. The van der Waals surface area contributed by atoms with E-state index in [1.54, 1.807) is 42.5 Å². The van der Waals surface area contributed by atoms with E-state index in [1.165, 1.54) is 6.92 Å². The van der Waals surface area contributed by atoms with Crippen LogP contribution in [0.1, 0.15) is 12.5 Å². The van der Waals surface area contributed by atoms with Gasteiger partial charge in [-0.15, -0.1) is 0 Å². The van der Waals surface area contributed by atoms with Crippen molar-refractivity contribution in [2.45, 2.75) is 13.5 Å². The molecule has 0 saturated carbocycles. The molecule has 5 heteroatoms. The lowest BCUT2D eigenvalue weighted by atomic mass is 10.2. The van der Waals surface area contributed by atoms with Crippen LogP contribution in [0.25, 0.3) is 0 Å². The SMILES string of the molecule is CC(=O)Nc1ccccc1Oc1cc(Cl)ccc1CO. The average Bonchev–Trinajstić information content (AvgIpc) is 2.41. The highest BCUT2D eigenvalue weighted by Crippen LogP contribution is 2.33. The van der Waals surface area contributed by atoms with Crippen LogP contribution in [0, 0.1) is 0 Å². The number of ether oxygens (including phenoxy) is 1. The molecule has 20 heavy (non-hydrogen) atoms. The third kappa shape index (κ3) is 3.50. The van der Waals surface area contributed by atoms with Crippen LogP contribution in [-0.4, -0.2) is 11.0 Å². The van der Waals surface area contributed by atoms with Crippen LogP contribution in [0.3, 0.4) is 0 Å². The zero-order valence-electron chi connectivity index (χ0n) is 10.9. The summed E-state index contributed by atoms with van der Waals surface area (Å²) in [5.74, 6) is 0.756. The van der Waals surface area contributed by atoms with Gasteiger partial charge in [0.25, 0.3) is 0 Å². The molecule has 0 radical (unpaired) electrons. The van der Waals surface area contributed by atoms with E-state index >= 15 is 0 Å². The number of carbonyl (C=O) groups is 1. The van der Waals surface area contributed by atoms with Gasteiger partial charge in [0.15, 0.2) is 5.75 Å². The highest BCUT2D eigenvalue weighted by molar-refractivity contribution is 6.30. The van der Waals surface area contributed by atoms with E-state index in [9.17, 15) is 9.90 Å². The summed E-state index contributed by atoms with van der Waals surface area (Å²) in [5.41, 5.74) is 1.18. The van der Waals surface area contributed by atoms with Crippen LogP contribution < -0.4 is 10.1 Å². The molecule has 0 aliphatic rings. The quantitative estimate of drug-likeness (QED) is 0.905. The fraction of sp³-hybridized carbons (Fsp3) is 0.133. The van der Waals surface area contributed by atoms with Gasteiger partial charge in [-0.1, -0.05) is 29.8 Å². The maximum absolute atomic E-state index is 11.2. The lowest BCUT2D eigenvalue weighted by Crippen LogP contribution is -2.07. The van der Waals surface area contributed by atoms with E-state index in [2.05, 4.69) is 5.32 Å². The van der Waals surface area contributed by atoms with Crippen molar-refractivity contribution >= 4 is 23.2 Å². The van der Waals surface area contributed by atoms with Crippen molar-refractivity contribution in [3.63, 3.8) is 0 Å². The molecule has 2 aromatic carbocycles. The largest absolute Gasteiger partial charge is 0.455 e. The van der Waals surface area contributed by atoms with Crippen molar-refractivity contribution in [1.29, 1.82) is 0 Å². The van der Waals surface area contributed by atoms with Crippen molar-refractivity contribution < 1.29 is 14.6 Å². The number of aliphatic hydroxyl groups is 1. The lowest BCUT2D eigenvalue weighted by molar-refractivity contribution is -0.114. The number of amides is 1. The Bertz CT molecular complexity index is 628. The van der Waals surface area contributed by atoms with Crippen molar-refractivity contribution in [2.24, 2.45) is 0 Å². The van der Waals surface area contributed by atoms with Gasteiger partial charge in [0.05, 0.1) is 12.3 Å². The molecule has 0 aliphatic heterocycles. The molecule has 0 aliphatic carbocycles. The van der Waals surface area contributed by atoms with Crippen LogP contribution >= 0.6 is 11.6 Å². The third-order valence-electron chi connectivity index (χ3n) is 2.62. The molecule has 0 unspecified atom stereocenters. The predicted octanol–water partition coefficient (Wildman–Crippen LogP) is 3.58. The highest BCUT2D eigenvalue weighted by Gasteiger charge is 2.09. The summed E-state index contributed by atoms with van der Waals surface area (Å²) in [5, 5.41) is 12.5. The molecule has 0 aromatic heterocycles. The number of aliphatic hydroxyl groups excluding tert-OH is 1. The predicted molar refractivity (Wildman–Crippen MR) is 78.2 cm³/mol. The van der Waals surface area contributed by atoms with E-state index in [0.717, 1.165) is 0 Å². The number of benzene rings is 2. The summed E-state index contributed by atoms with van der Waals surface area (Å²) in [7, 11) is 0. The standard InChI is InChI=1S/C15H14ClNO3/c1-10(19)17-13-4-2-3-5-14(13)20-15-8-12(16)7-6-11(15)9-18/h2-8,18H,9H2,1H3,(H,17,19). The van der Waals surface area contributed by atoms with Gasteiger partial charge in [-0.3, -0.25) is 4.79 Å². The molecule has 0 spiro atoms. The Morgan fingerprint density at radius 2 is 2.00 bits per heavy atom. The maximum atomic E-state index is 11.2. The molecule has 0 fully saturated rings. The molecule has 0 saturated heterocycles. The second-order valence-corrected chi connectivity index (χ2v) is 4.63. The molecule has 1 amide bonds. The zero-order valence-corrected chi connectivity index (χ0v) is 11.6. The monoisotopic (exact) mass is 291 g/mol. The Balaban J connectivity index is 2.34. The van der Waals surface area contributed by atoms with E-state index in [4.69, 9.17) is 16.3 Å². The Kier molecular flexibility index (Phi) is 4.61. The van der Waals surface area contributed by atoms with Crippen LogP contribution in [0.2, 0.25) is 5.02 Å². The van der Waals surface area contributed by atoms with E-state index in [1.807, 2.05) is 0 Å². The first-order valence-electron chi connectivity index (χ1n) is 6.04. The summed E-state index contributed by atoms with van der Waals surface area (Å²) in [4.78, 5) is 11.2. The van der Waals surface area contributed by atoms with Gasteiger partial charge in [-0.25, -0.2) is 0 Å². The number of para-hydroxylation sites is 2. The fourth-order valence-electron chi connectivity index (χ4n) is 1.72. The van der Waals surface area contributed by atoms with E-state index in [0.29, 0.717) is 27.8 Å². The minimum absolute atomic E-state index is 0.158. The minimum Gasteiger partial charge on any atom is -0.455 e.